The van der Waals surface area contributed by atoms with Crippen molar-refractivity contribution in [2.75, 3.05) is 4.31 Å². The lowest BCUT2D eigenvalue weighted by atomic mass is 10.1. The summed E-state index contributed by atoms with van der Waals surface area (Å²) in [7, 11) is -4.66. The lowest BCUT2D eigenvalue weighted by molar-refractivity contribution is -0.243. The van der Waals surface area contributed by atoms with Crippen LogP contribution in [0, 0.1) is 0 Å². The molecule has 0 aliphatic rings. The number of halogens is 3. The first kappa shape index (κ1) is 20.4. The minimum absolute atomic E-state index is 0.0628. The average Bonchev–Trinajstić information content (AvgIpc) is 2.46. The predicted molar refractivity (Wildman–Crippen MR) is 82.4 cm³/mol. The van der Waals surface area contributed by atoms with E-state index < -0.39 is 33.9 Å². The van der Waals surface area contributed by atoms with Crippen LogP contribution in [0.15, 0.2) is 30.3 Å². The van der Waals surface area contributed by atoms with E-state index in [1.807, 2.05) is 0 Å². The highest BCUT2D eigenvalue weighted by Crippen LogP contribution is 2.33. The quantitative estimate of drug-likeness (QED) is 0.804. The molecule has 0 aromatic heterocycles. The highest BCUT2D eigenvalue weighted by molar-refractivity contribution is 7.91. The molecule has 10 heteroatoms. The molecule has 1 amide bonds. The van der Waals surface area contributed by atoms with Gasteiger partial charge >= 0.3 is 16.4 Å². The van der Waals surface area contributed by atoms with Crippen molar-refractivity contribution < 1.29 is 31.5 Å². The third-order valence-electron chi connectivity index (χ3n) is 3.35. The van der Waals surface area contributed by atoms with Crippen LogP contribution in [0.5, 0.6) is 0 Å². The van der Waals surface area contributed by atoms with Crippen LogP contribution in [0.3, 0.4) is 0 Å². The molecule has 1 rings (SSSR count). The van der Waals surface area contributed by atoms with Gasteiger partial charge in [-0.25, -0.2) is 0 Å². The van der Waals surface area contributed by atoms with E-state index in [4.69, 9.17) is 0 Å². The fraction of sp³-hybridized carbons (Fsp3) is 0.500. The van der Waals surface area contributed by atoms with Gasteiger partial charge in [0.2, 0.25) is 5.60 Å². The van der Waals surface area contributed by atoms with Gasteiger partial charge in [0.1, 0.15) is 0 Å². The van der Waals surface area contributed by atoms with Gasteiger partial charge in [-0.05, 0) is 32.4 Å². The van der Waals surface area contributed by atoms with E-state index in [1.165, 1.54) is 25.1 Å². The smallest absolute Gasteiger partial charge is 0.373 e. The molecule has 2 unspecified atom stereocenters. The average molecular weight is 368 g/mol. The number of carbonyl (C=O) groups excluding carboxylic acids is 1. The van der Waals surface area contributed by atoms with Crippen LogP contribution in [0.4, 0.5) is 18.9 Å². The zero-order chi connectivity index (χ0) is 18.8. The summed E-state index contributed by atoms with van der Waals surface area (Å²) in [6.07, 6.45) is -4.99. The zero-order valence-electron chi connectivity index (χ0n) is 13.3. The molecule has 2 N–H and O–H groups in total. The van der Waals surface area contributed by atoms with Gasteiger partial charge in [0, 0.05) is 6.04 Å². The Morgan fingerprint density at radius 2 is 1.79 bits per heavy atom. The second kappa shape index (κ2) is 7.08. The van der Waals surface area contributed by atoms with Gasteiger partial charge in [0.05, 0.1) is 5.69 Å². The molecule has 0 fully saturated rings. The normalized spacial score (nSPS) is 16.3. The summed E-state index contributed by atoms with van der Waals surface area (Å²) in [5.41, 5.74) is -4.18. The van der Waals surface area contributed by atoms with Gasteiger partial charge in [0.15, 0.2) is 0 Å². The first-order valence-electron chi connectivity index (χ1n) is 7.05. The topological polar surface area (TPSA) is 86.7 Å². The van der Waals surface area contributed by atoms with E-state index in [2.05, 4.69) is 4.72 Å². The SMILES string of the molecule is CCC(C)NS(=O)(=O)N(C(=O)C(C)(O)C(F)(F)F)c1ccccc1. The third-order valence-corrected chi connectivity index (χ3v) is 4.90. The molecule has 0 bridgehead atoms. The Morgan fingerprint density at radius 3 is 2.21 bits per heavy atom. The molecule has 0 radical (unpaired) electrons. The van der Waals surface area contributed by atoms with E-state index in [-0.39, 0.29) is 16.9 Å². The van der Waals surface area contributed by atoms with Gasteiger partial charge in [-0.3, -0.25) is 4.79 Å². The van der Waals surface area contributed by atoms with E-state index in [0.29, 0.717) is 6.42 Å². The molecular formula is C14H19F3N2O4S. The number of nitrogens with zero attached hydrogens (tertiary/aromatic N) is 1. The number of amides is 1. The number of nitrogens with one attached hydrogen (secondary N) is 1. The summed E-state index contributed by atoms with van der Waals surface area (Å²) in [5.74, 6) is -2.02. The molecule has 0 aliphatic carbocycles. The number of aliphatic hydroxyl groups is 1. The summed E-state index contributed by atoms with van der Waals surface area (Å²) in [4.78, 5) is 12.3. The Bertz CT molecular complexity index is 675. The van der Waals surface area contributed by atoms with Crippen molar-refractivity contribution in [1.29, 1.82) is 0 Å². The standard InChI is InChI=1S/C14H19F3N2O4S/c1-4-10(2)18-24(22,23)19(11-8-6-5-7-9-11)12(20)13(3,21)14(15,16)17/h5-10,18,21H,4H2,1-3H3. The highest BCUT2D eigenvalue weighted by atomic mass is 32.2. The third kappa shape index (κ3) is 4.25. The van der Waals surface area contributed by atoms with E-state index in [1.54, 1.807) is 6.92 Å². The Hall–Kier alpha value is -1.65. The molecule has 6 nitrogen and oxygen atoms in total. The molecule has 2 atom stereocenters. The van der Waals surface area contributed by atoms with Crippen LogP contribution in [-0.2, 0) is 15.0 Å². The summed E-state index contributed by atoms with van der Waals surface area (Å²) >= 11 is 0. The van der Waals surface area contributed by atoms with E-state index in [0.717, 1.165) is 12.1 Å². The number of para-hydroxylation sites is 1. The van der Waals surface area contributed by atoms with Gasteiger partial charge in [-0.2, -0.15) is 30.6 Å². The first-order chi connectivity index (χ1) is 10.8. The number of benzene rings is 1. The van der Waals surface area contributed by atoms with Gasteiger partial charge in [-0.15, -0.1) is 0 Å². The van der Waals surface area contributed by atoms with Gasteiger partial charge < -0.3 is 5.11 Å². The number of hydrogen-bond acceptors (Lipinski definition) is 4. The van der Waals surface area contributed by atoms with Crippen LogP contribution >= 0.6 is 0 Å². The van der Waals surface area contributed by atoms with Crippen molar-refractivity contribution in [3.8, 4) is 0 Å². The lowest BCUT2D eigenvalue weighted by Gasteiger charge is -2.32. The van der Waals surface area contributed by atoms with Crippen molar-refractivity contribution in [2.24, 2.45) is 0 Å². The highest BCUT2D eigenvalue weighted by Gasteiger charge is 2.59. The van der Waals surface area contributed by atoms with E-state index in [9.17, 15) is 31.5 Å². The van der Waals surface area contributed by atoms with Crippen LogP contribution in [-0.4, -0.2) is 37.3 Å². The second-order valence-corrected chi connectivity index (χ2v) is 6.96. The molecule has 1 aromatic rings. The minimum atomic E-state index is -5.34. The van der Waals surface area contributed by atoms with Crippen molar-refractivity contribution in [3.63, 3.8) is 0 Å². The van der Waals surface area contributed by atoms with Crippen LogP contribution in [0.1, 0.15) is 27.2 Å². The Labute approximate surface area is 138 Å². The Morgan fingerprint density at radius 1 is 1.29 bits per heavy atom. The first-order valence-corrected chi connectivity index (χ1v) is 8.49. The van der Waals surface area contributed by atoms with Crippen molar-refractivity contribution in [2.45, 2.75) is 45.0 Å². The zero-order valence-corrected chi connectivity index (χ0v) is 14.1. The monoisotopic (exact) mass is 368 g/mol. The molecule has 0 saturated heterocycles. The van der Waals surface area contributed by atoms with Crippen molar-refractivity contribution in [1.82, 2.24) is 4.72 Å². The van der Waals surface area contributed by atoms with Crippen LogP contribution in [0.25, 0.3) is 0 Å². The largest absolute Gasteiger partial charge is 0.426 e. The summed E-state index contributed by atoms with van der Waals surface area (Å²) in [6, 6.07) is 5.90. The van der Waals surface area contributed by atoms with Crippen LogP contribution in [0.2, 0.25) is 0 Å². The van der Waals surface area contributed by atoms with Gasteiger partial charge in [-0.1, -0.05) is 25.1 Å². The molecule has 0 heterocycles. The van der Waals surface area contributed by atoms with E-state index >= 15 is 0 Å². The Balaban J connectivity index is 3.44. The molecule has 24 heavy (non-hydrogen) atoms. The number of rotatable bonds is 6. The summed E-state index contributed by atoms with van der Waals surface area (Å²) in [5, 5.41) is 9.60. The maximum atomic E-state index is 13.0. The molecule has 0 aliphatic heterocycles. The molecule has 136 valence electrons. The number of alkyl halides is 3. The maximum Gasteiger partial charge on any atom is 0.426 e. The van der Waals surface area contributed by atoms with Crippen molar-refractivity contribution in [3.05, 3.63) is 30.3 Å². The van der Waals surface area contributed by atoms with Gasteiger partial charge in [0.25, 0.3) is 5.91 Å². The minimum Gasteiger partial charge on any atom is -0.373 e. The number of hydrogen-bond donors (Lipinski definition) is 2. The number of anilines is 1. The Kier molecular flexibility index (Phi) is 6.01. The molecule has 0 spiro atoms. The maximum absolute atomic E-state index is 13.0. The molecule has 0 saturated carbocycles. The lowest BCUT2D eigenvalue weighted by Crippen LogP contribution is -2.60. The summed E-state index contributed by atoms with van der Waals surface area (Å²) in [6.45, 7) is 3.37. The summed E-state index contributed by atoms with van der Waals surface area (Å²) < 4.78 is 65.8. The predicted octanol–water partition coefficient (Wildman–Crippen LogP) is 1.97. The fourth-order valence-corrected chi connectivity index (χ4v) is 3.21. The fourth-order valence-electron chi connectivity index (χ4n) is 1.64. The van der Waals surface area contributed by atoms with Crippen molar-refractivity contribution >= 4 is 21.8 Å². The molecular weight excluding hydrogens is 349 g/mol. The number of carbonyl (C=O) groups is 1. The molecule has 1 aromatic carbocycles. The second-order valence-electron chi connectivity index (χ2n) is 5.41. The van der Waals surface area contributed by atoms with Crippen LogP contribution < -0.4 is 9.03 Å².